The second-order valence-electron chi connectivity index (χ2n) is 5.89. The summed E-state index contributed by atoms with van der Waals surface area (Å²) in [5.74, 6) is -5.29. The van der Waals surface area contributed by atoms with Gasteiger partial charge >= 0.3 is 11.9 Å². The number of nitrogens with two attached hydrogens (primary N) is 3. The monoisotopic (exact) mass is 745 g/mol. The minimum Gasteiger partial charge on any atom is -0.465 e. The number of halogens is 3. The van der Waals surface area contributed by atoms with Crippen LogP contribution >= 0.6 is 67.8 Å². The van der Waals surface area contributed by atoms with E-state index in [0.29, 0.717) is 3.57 Å². The first-order chi connectivity index (χ1) is 13.3. The van der Waals surface area contributed by atoms with Crippen molar-refractivity contribution in [3.05, 3.63) is 16.3 Å². The van der Waals surface area contributed by atoms with Gasteiger partial charge in [0, 0.05) is 26.6 Å². The molecule has 1 rings (SSSR count). The molecule has 0 saturated carbocycles. The molecule has 0 aliphatic carbocycles. The summed E-state index contributed by atoms with van der Waals surface area (Å²) in [6.07, 6.45) is 0. The third-order valence-corrected chi connectivity index (χ3v) is 7.21. The lowest BCUT2D eigenvalue weighted by Crippen LogP contribution is -2.53. The highest BCUT2D eigenvalue weighted by atomic mass is 127. The summed E-state index contributed by atoms with van der Waals surface area (Å²) in [6, 6.07) is 0. The Hall–Kier alpha value is -0.950. The van der Waals surface area contributed by atoms with Crippen LogP contribution in [0.1, 0.15) is 19.4 Å². The van der Waals surface area contributed by atoms with E-state index in [1.807, 2.05) is 22.6 Å². The number of benzene rings is 1. The standard InChI is InChI=1S/C16H18I3N3O7/c1-5(23)28-3-7(4-29-6(2)24)14(25)16(27,15(22)26)8-9(17)12(20)11(19)13(21)10(8)18/h7,27H,3-4,20-21H2,1-2H3,(H2,22,26). The minimum atomic E-state index is -2.86. The molecule has 0 spiro atoms. The largest absolute Gasteiger partial charge is 0.465 e. The molecular formula is C16H18I3N3O7. The summed E-state index contributed by atoms with van der Waals surface area (Å²) in [5.41, 5.74) is 14.7. The second kappa shape index (κ2) is 10.4. The maximum Gasteiger partial charge on any atom is 0.302 e. The van der Waals surface area contributed by atoms with Crippen LogP contribution in [0.2, 0.25) is 0 Å². The molecule has 1 unspecified atom stereocenters. The van der Waals surface area contributed by atoms with E-state index in [1.54, 1.807) is 45.2 Å². The molecule has 0 aliphatic heterocycles. The van der Waals surface area contributed by atoms with Gasteiger partial charge < -0.3 is 31.8 Å². The van der Waals surface area contributed by atoms with Gasteiger partial charge in [-0.15, -0.1) is 0 Å². The van der Waals surface area contributed by atoms with Crippen molar-refractivity contribution < 1.29 is 33.8 Å². The zero-order valence-electron chi connectivity index (χ0n) is 15.3. The molecule has 0 saturated heterocycles. The normalized spacial score (nSPS) is 12.9. The van der Waals surface area contributed by atoms with Gasteiger partial charge in [-0.1, -0.05) is 0 Å². The SMILES string of the molecule is CC(=O)OCC(COC(C)=O)C(=O)C(O)(C(N)=O)c1c(I)c(N)c(I)c(N)c1I. The lowest BCUT2D eigenvalue weighted by molar-refractivity contribution is -0.160. The average molecular weight is 745 g/mol. The summed E-state index contributed by atoms with van der Waals surface area (Å²) < 4.78 is 10.6. The van der Waals surface area contributed by atoms with Crippen molar-refractivity contribution in [3.63, 3.8) is 0 Å². The molecule has 7 N–H and O–H groups in total. The number of rotatable bonds is 8. The molecule has 1 atom stereocenters. The quantitative estimate of drug-likeness (QED) is 0.129. The van der Waals surface area contributed by atoms with Crippen LogP contribution < -0.4 is 17.2 Å². The highest BCUT2D eigenvalue weighted by Crippen LogP contribution is 2.41. The number of hydrogen-bond acceptors (Lipinski definition) is 9. The van der Waals surface area contributed by atoms with Gasteiger partial charge in [0.25, 0.3) is 5.91 Å². The topological polar surface area (TPSA) is 185 Å². The number of ketones is 1. The number of anilines is 2. The van der Waals surface area contributed by atoms with Gasteiger partial charge in [-0.25, -0.2) is 0 Å². The number of Topliss-reactive ketones (excluding diaryl/α,β-unsaturated/α-hetero) is 1. The van der Waals surface area contributed by atoms with Crippen LogP contribution in [0.15, 0.2) is 0 Å². The fourth-order valence-electron chi connectivity index (χ4n) is 2.32. The van der Waals surface area contributed by atoms with Gasteiger partial charge in [0.05, 0.1) is 20.9 Å². The Labute approximate surface area is 207 Å². The van der Waals surface area contributed by atoms with Crippen molar-refractivity contribution in [2.75, 3.05) is 24.7 Å². The predicted molar refractivity (Wildman–Crippen MR) is 128 cm³/mol. The van der Waals surface area contributed by atoms with Crippen molar-refractivity contribution in [1.29, 1.82) is 0 Å². The summed E-state index contributed by atoms with van der Waals surface area (Å²) in [4.78, 5) is 47.9. The first kappa shape index (κ1) is 26.1. The Kier molecular flexibility index (Phi) is 9.34. The van der Waals surface area contributed by atoms with Crippen LogP contribution in [0.3, 0.4) is 0 Å². The summed E-state index contributed by atoms with van der Waals surface area (Å²) in [6.45, 7) is 1.14. The van der Waals surface area contributed by atoms with Crippen molar-refractivity contribution in [2.24, 2.45) is 11.7 Å². The molecule has 1 aromatic carbocycles. The number of ether oxygens (including phenoxy) is 2. The molecule has 0 aliphatic rings. The maximum absolute atomic E-state index is 13.2. The molecular weight excluding hydrogens is 727 g/mol. The molecule has 1 amide bonds. The van der Waals surface area contributed by atoms with E-state index >= 15 is 0 Å². The molecule has 0 radical (unpaired) electrons. The predicted octanol–water partition coefficient (Wildman–Crippen LogP) is 0.649. The molecule has 0 aromatic heterocycles. The molecule has 1 aromatic rings. The fourth-order valence-corrected chi connectivity index (χ4v) is 6.27. The zero-order chi connectivity index (χ0) is 22.7. The molecule has 160 valence electrons. The van der Waals surface area contributed by atoms with Gasteiger partial charge in [-0.3, -0.25) is 19.2 Å². The number of primary amides is 1. The lowest BCUT2D eigenvalue weighted by Gasteiger charge is -2.30. The van der Waals surface area contributed by atoms with E-state index in [-0.39, 0.29) is 24.1 Å². The van der Waals surface area contributed by atoms with Crippen LogP contribution in [-0.2, 0) is 34.3 Å². The highest BCUT2D eigenvalue weighted by molar-refractivity contribution is 14.1. The molecule has 0 bridgehead atoms. The van der Waals surface area contributed by atoms with Gasteiger partial charge in [0.15, 0.2) is 5.78 Å². The fraction of sp³-hybridized carbons (Fsp3) is 0.375. The number of carbonyl (C=O) groups excluding carboxylic acids is 4. The second-order valence-corrected chi connectivity index (χ2v) is 9.12. The number of carbonyl (C=O) groups is 4. The van der Waals surface area contributed by atoms with Crippen molar-refractivity contribution in [3.8, 4) is 0 Å². The summed E-state index contributed by atoms with van der Waals surface area (Å²) in [5, 5.41) is 11.2. The summed E-state index contributed by atoms with van der Waals surface area (Å²) >= 11 is 5.44. The number of aliphatic hydroxyl groups is 1. The van der Waals surface area contributed by atoms with E-state index < -0.39 is 48.4 Å². The van der Waals surface area contributed by atoms with Crippen LogP contribution in [0.25, 0.3) is 0 Å². The maximum atomic E-state index is 13.2. The minimum absolute atomic E-state index is 0.156. The lowest BCUT2D eigenvalue weighted by atomic mass is 9.82. The molecule has 29 heavy (non-hydrogen) atoms. The first-order valence-corrected chi connectivity index (χ1v) is 11.1. The van der Waals surface area contributed by atoms with Gasteiger partial charge in [-0.2, -0.15) is 0 Å². The Bertz CT molecular complexity index is 831. The highest BCUT2D eigenvalue weighted by Gasteiger charge is 2.51. The molecule has 0 heterocycles. The van der Waals surface area contributed by atoms with Crippen LogP contribution in [0, 0.1) is 16.6 Å². The number of nitrogen functional groups attached to an aromatic ring is 2. The van der Waals surface area contributed by atoms with Crippen molar-refractivity contribution in [1.82, 2.24) is 0 Å². The van der Waals surface area contributed by atoms with E-state index in [4.69, 9.17) is 26.7 Å². The molecule has 10 nitrogen and oxygen atoms in total. The Morgan fingerprint density at radius 1 is 0.931 bits per heavy atom. The number of amides is 1. The van der Waals surface area contributed by atoms with Gasteiger partial charge in [-0.05, 0) is 67.8 Å². The van der Waals surface area contributed by atoms with E-state index in [0.717, 1.165) is 13.8 Å². The van der Waals surface area contributed by atoms with Gasteiger partial charge in [0.1, 0.15) is 13.2 Å². The van der Waals surface area contributed by atoms with E-state index in [9.17, 15) is 24.3 Å². The zero-order valence-corrected chi connectivity index (χ0v) is 21.7. The van der Waals surface area contributed by atoms with Crippen LogP contribution in [0.5, 0.6) is 0 Å². The molecule has 0 fully saturated rings. The van der Waals surface area contributed by atoms with E-state index in [2.05, 4.69) is 0 Å². The third kappa shape index (κ3) is 5.60. The Morgan fingerprint density at radius 2 is 1.31 bits per heavy atom. The van der Waals surface area contributed by atoms with Crippen LogP contribution in [0.4, 0.5) is 11.4 Å². The first-order valence-electron chi connectivity index (χ1n) is 7.81. The molecule has 13 heteroatoms. The van der Waals surface area contributed by atoms with Crippen LogP contribution in [-0.4, -0.2) is 41.9 Å². The average Bonchev–Trinajstić information content (AvgIpc) is 2.63. The van der Waals surface area contributed by atoms with E-state index in [1.165, 1.54) is 0 Å². The van der Waals surface area contributed by atoms with Crippen molar-refractivity contribution >= 4 is 103 Å². The van der Waals surface area contributed by atoms with Gasteiger partial charge in [0.2, 0.25) is 5.60 Å². The van der Waals surface area contributed by atoms with Crippen molar-refractivity contribution in [2.45, 2.75) is 19.4 Å². The Balaban J connectivity index is 3.63. The Morgan fingerprint density at radius 3 is 1.62 bits per heavy atom. The smallest absolute Gasteiger partial charge is 0.302 e. The number of hydrogen-bond donors (Lipinski definition) is 4. The third-order valence-electron chi connectivity index (χ3n) is 3.81. The summed E-state index contributed by atoms with van der Waals surface area (Å²) in [7, 11) is 0. The number of esters is 2.